The molecule has 0 aliphatic carbocycles. The molecule has 27 nitrogen and oxygen atoms in total. The van der Waals surface area contributed by atoms with Crippen molar-refractivity contribution in [1.29, 1.82) is 5.41 Å². The molecule has 1 fully saturated rings. The van der Waals surface area contributed by atoms with E-state index in [1.54, 1.807) is 0 Å². The molecular formula is C43H76N16O11. The van der Waals surface area contributed by atoms with E-state index in [1.807, 2.05) is 0 Å². The fraction of sp³-hybridized carbons (Fsp3) is 0.674. The van der Waals surface area contributed by atoms with Crippen LogP contribution in [0.15, 0.2) is 11.8 Å². The van der Waals surface area contributed by atoms with Gasteiger partial charge in [-0.25, -0.2) is 4.79 Å². The van der Waals surface area contributed by atoms with Crippen molar-refractivity contribution in [3.8, 4) is 12.3 Å². The molecule has 8 atom stereocenters. The van der Waals surface area contributed by atoms with Gasteiger partial charge < -0.3 is 92.0 Å². The number of aliphatic hydroxyl groups excluding tert-OH is 1. The third-order valence-electron chi connectivity index (χ3n) is 10.9. The first-order chi connectivity index (χ1) is 33.3. The highest BCUT2D eigenvalue weighted by Crippen LogP contribution is 2.20. The Morgan fingerprint density at radius 3 is 2.00 bits per heavy atom. The van der Waals surface area contributed by atoms with Crippen molar-refractivity contribution in [3.63, 3.8) is 0 Å². The maximum Gasteiger partial charge on any atom is 0.352 e. The lowest BCUT2D eigenvalue weighted by Gasteiger charge is -2.30. The number of guanidine groups is 1. The Morgan fingerprint density at radius 1 is 0.771 bits per heavy atom. The van der Waals surface area contributed by atoms with E-state index < -0.39 is 120 Å². The van der Waals surface area contributed by atoms with E-state index in [-0.39, 0.29) is 83.5 Å². The third kappa shape index (κ3) is 22.8. The highest BCUT2D eigenvalue weighted by Gasteiger charge is 2.39. The molecule has 1 aliphatic heterocycles. The number of nitrogens with zero attached hydrogens (tertiary/aromatic N) is 1. The van der Waals surface area contributed by atoms with Crippen molar-refractivity contribution in [2.24, 2.45) is 34.4 Å². The predicted octanol–water partition coefficient (Wildman–Crippen LogP) is -6.45. The van der Waals surface area contributed by atoms with Gasteiger partial charge in [0.15, 0.2) is 5.96 Å². The molecular weight excluding hydrogens is 917 g/mol. The number of carboxylic acid groups (broad SMARTS) is 1. The number of hydrogen-bond acceptors (Lipinski definition) is 16. The topological polar surface area (TPSA) is 474 Å². The molecule has 1 saturated heterocycles. The van der Waals surface area contributed by atoms with E-state index in [2.05, 4.69) is 48.5 Å². The highest BCUT2D eigenvalue weighted by atomic mass is 16.4. The lowest BCUT2D eigenvalue weighted by Crippen LogP contribution is -2.60. The lowest BCUT2D eigenvalue weighted by molar-refractivity contribution is -0.142. The van der Waals surface area contributed by atoms with Crippen LogP contribution in [0, 0.1) is 17.8 Å². The summed E-state index contributed by atoms with van der Waals surface area (Å²) < 4.78 is 0. The summed E-state index contributed by atoms with van der Waals surface area (Å²) >= 11 is 0. The van der Waals surface area contributed by atoms with Gasteiger partial charge in [0.2, 0.25) is 47.3 Å². The molecule has 27 heteroatoms. The molecule has 0 radical (unpaired) electrons. The number of unbranched alkanes of at least 4 members (excludes halogenated alkanes) is 2. The second kappa shape index (κ2) is 34.0. The zero-order valence-corrected chi connectivity index (χ0v) is 39.9. The van der Waals surface area contributed by atoms with Crippen LogP contribution in [-0.4, -0.2) is 169 Å². The maximum atomic E-state index is 14.0. The van der Waals surface area contributed by atoms with Gasteiger partial charge in [0, 0.05) is 26.1 Å². The van der Waals surface area contributed by atoms with Crippen LogP contribution in [0.5, 0.6) is 0 Å². The fourth-order valence-electron chi connectivity index (χ4n) is 7.02. The average molecular weight is 993 g/mol. The Bertz CT molecular complexity index is 1850. The summed E-state index contributed by atoms with van der Waals surface area (Å²) in [5.74, 6) is -5.73. The van der Waals surface area contributed by atoms with Crippen LogP contribution < -0.4 is 76.9 Å². The summed E-state index contributed by atoms with van der Waals surface area (Å²) in [5, 5.41) is 47.0. The van der Waals surface area contributed by atoms with Gasteiger partial charge in [-0.2, -0.15) is 0 Å². The van der Waals surface area contributed by atoms with Crippen molar-refractivity contribution in [3.05, 3.63) is 11.8 Å². The Kier molecular flexibility index (Phi) is 29.9. The molecule has 1 aliphatic rings. The minimum Gasteiger partial charge on any atom is -0.477 e. The summed E-state index contributed by atoms with van der Waals surface area (Å²) in [4.78, 5) is 120. The molecule has 0 unspecified atom stereocenters. The minimum absolute atomic E-state index is 0.0202. The van der Waals surface area contributed by atoms with Gasteiger partial charge in [-0.1, -0.05) is 12.5 Å². The number of carbonyl (C=O) groups is 9. The molecule has 1 rings (SSSR count). The number of carbonyl (C=O) groups excluding carboxylic acids is 8. The summed E-state index contributed by atoms with van der Waals surface area (Å²) in [5.41, 5.74) is 33.1. The number of likely N-dealkylation sites (tertiary alicyclic amines) is 1. The Balaban J connectivity index is 3.11. The number of carboxylic acids is 1. The van der Waals surface area contributed by atoms with Crippen LogP contribution in [0.4, 0.5) is 0 Å². The number of nitrogens with two attached hydrogens (primary N) is 6. The first-order valence-electron chi connectivity index (χ1n) is 23.3. The van der Waals surface area contributed by atoms with E-state index in [9.17, 15) is 53.4 Å². The lowest BCUT2D eigenvalue weighted by atomic mass is 10.1. The van der Waals surface area contributed by atoms with Crippen LogP contribution in [0.2, 0.25) is 0 Å². The first kappa shape index (κ1) is 61.6. The van der Waals surface area contributed by atoms with Crippen molar-refractivity contribution < 1.29 is 53.4 Å². The van der Waals surface area contributed by atoms with E-state index in [4.69, 9.17) is 46.2 Å². The van der Waals surface area contributed by atoms with Crippen LogP contribution in [0.1, 0.15) is 90.4 Å². The molecule has 0 aromatic carbocycles. The monoisotopic (exact) mass is 993 g/mol. The number of terminal acetylenes is 1. The number of rotatable bonds is 34. The van der Waals surface area contributed by atoms with Gasteiger partial charge >= 0.3 is 5.97 Å². The molecule has 0 saturated carbocycles. The molecule has 8 amide bonds. The largest absolute Gasteiger partial charge is 0.477 e. The van der Waals surface area contributed by atoms with Gasteiger partial charge in [0.1, 0.15) is 41.9 Å². The van der Waals surface area contributed by atoms with Gasteiger partial charge in [0.05, 0.1) is 18.7 Å². The quantitative estimate of drug-likeness (QED) is 0.00937. The van der Waals surface area contributed by atoms with Crippen LogP contribution in [0.25, 0.3) is 0 Å². The summed E-state index contributed by atoms with van der Waals surface area (Å²) in [6.07, 6.45) is 8.42. The molecule has 70 heavy (non-hydrogen) atoms. The van der Waals surface area contributed by atoms with E-state index in [0.29, 0.717) is 38.6 Å². The molecule has 0 aromatic rings. The van der Waals surface area contributed by atoms with Crippen molar-refractivity contribution in [2.45, 2.75) is 139 Å². The van der Waals surface area contributed by atoms with Crippen LogP contribution in [-0.2, 0) is 43.2 Å². The Hall–Kier alpha value is -6.44. The summed E-state index contributed by atoms with van der Waals surface area (Å²) in [7, 11) is 0. The molecule has 0 bridgehead atoms. The highest BCUT2D eigenvalue weighted by molar-refractivity contribution is 5.99. The summed E-state index contributed by atoms with van der Waals surface area (Å²) in [6, 6.07) is -8.72. The van der Waals surface area contributed by atoms with Crippen LogP contribution >= 0.6 is 0 Å². The SMILES string of the molecule is C#CCC[C@H](NC(=O)[C@@H]1CCCN1C(=O)[C@@H](CCCN)NC(=O)CNC(=O)[C@H](C)NC(=O)[C@@H](NC(=O)[C@@H](N)CCCCN)[C@@H](O)CN)C(=O)N[C@@H](CCCCN)C(=O)N/C(=C\CCNC(=N)N)C(=O)O. The van der Waals surface area contributed by atoms with Crippen molar-refractivity contribution in [2.75, 3.05) is 45.8 Å². The second-order valence-electron chi connectivity index (χ2n) is 16.6. The number of hydrogen-bond donors (Lipinski definition) is 17. The number of aliphatic hydroxyl groups is 1. The van der Waals surface area contributed by atoms with Gasteiger partial charge in [-0.05, 0) is 97.2 Å². The normalized spacial score (nSPS) is 16.3. The van der Waals surface area contributed by atoms with Crippen molar-refractivity contribution >= 4 is 59.2 Å². The van der Waals surface area contributed by atoms with E-state index >= 15 is 0 Å². The van der Waals surface area contributed by atoms with E-state index in [1.165, 1.54) is 17.9 Å². The zero-order valence-electron chi connectivity index (χ0n) is 39.9. The van der Waals surface area contributed by atoms with Crippen molar-refractivity contribution in [1.82, 2.24) is 47.4 Å². The van der Waals surface area contributed by atoms with E-state index in [0.717, 1.165) is 0 Å². The third-order valence-corrected chi connectivity index (χ3v) is 10.9. The standard InChI is InChI=1S/C43H76N16O11/c1-3-4-13-27(37(64)55-28(14-6-8-19-45)38(65)57-30(42(69)70)16-10-21-51-43(49)50)56-39(66)31-17-11-22-59(31)41(68)29(15-9-20-46)54-33(61)24-52-35(62)25(2)53-40(67)34(32(60)23-47)58-36(63)26(48)12-5-7-18-44/h1,16,25-29,31-32,34,60H,4-15,17-24,44-48H2,2H3,(H,52,62)(H,53,67)(H,54,61)(H,55,64)(H,56,66)(H,57,65)(H,58,63)(H,69,70)(H4,49,50,51)/b30-16-/t25-,26-,27-,28-,29+,31-,32-,34-/m0/s1. The molecule has 1 heterocycles. The summed E-state index contributed by atoms with van der Waals surface area (Å²) in [6.45, 7) is 1.25. The number of nitrogens with one attached hydrogen (secondary N) is 9. The smallest absolute Gasteiger partial charge is 0.352 e. The predicted molar refractivity (Wildman–Crippen MR) is 257 cm³/mol. The van der Waals surface area contributed by atoms with Crippen LogP contribution in [0.3, 0.4) is 0 Å². The van der Waals surface area contributed by atoms with Gasteiger partial charge in [-0.15, -0.1) is 12.3 Å². The Labute approximate surface area is 407 Å². The van der Waals surface area contributed by atoms with Gasteiger partial charge in [-0.3, -0.25) is 43.8 Å². The zero-order chi connectivity index (χ0) is 52.8. The average Bonchev–Trinajstić information content (AvgIpc) is 3.82. The number of aliphatic carboxylic acids is 1. The maximum absolute atomic E-state index is 14.0. The minimum atomic E-state index is -1.56. The molecule has 0 spiro atoms. The first-order valence-corrected chi connectivity index (χ1v) is 23.3. The Morgan fingerprint density at radius 2 is 1.40 bits per heavy atom. The van der Waals surface area contributed by atoms with Gasteiger partial charge in [0.25, 0.3) is 0 Å². The molecule has 394 valence electrons. The molecule has 23 N–H and O–H groups in total. The second-order valence-corrected chi connectivity index (χ2v) is 16.6. The number of amides is 8. The fourth-order valence-corrected chi connectivity index (χ4v) is 7.02. The molecule has 0 aromatic heterocycles.